The quantitative estimate of drug-likeness (QED) is 0.440. The molecule has 0 unspecified atom stereocenters. The van der Waals surface area contributed by atoms with Crippen LogP contribution in [0.25, 0.3) is 11.1 Å². The maximum atomic E-state index is 13.6. The van der Waals surface area contributed by atoms with Crippen LogP contribution in [0.15, 0.2) is 89.7 Å². The van der Waals surface area contributed by atoms with Crippen LogP contribution in [0.1, 0.15) is 16.7 Å². The monoisotopic (exact) mass is 460 g/mol. The SMILES string of the molecule is COc1ccc(C2=C(Cl)C(=O)C(c3ccc(OC)cc3)=C(OCc3ccccc3)C2=O)cc1. The Morgan fingerprint density at radius 3 is 1.70 bits per heavy atom. The summed E-state index contributed by atoms with van der Waals surface area (Å²) in [6.07, 6.45) is 0. The van der Waals surface area contributed by atoms with Crippen LogP contribution in [0.3, 0.4) is 0 Å². The van der Waals surface area contributed by atoms with Gasteiger partial charge in [-0.2, -0.15) is 0 Å². The lowest BCUT2D eigenvalue weighted by Gasteiger charge is -2.22. The minimum absolute atomic E-state index is 0.0377. The largest absolute Gasteiger partial charge is 0.497 e. The van der Waals surface area contributed by atoms with Gasteiger partial charge in [-0.1, -0.05) is 66.2 Å². The molecule has 0 radical (unpaired) electrons. The molecule has 4 rings (SSSR count). The van der Waals surface area contributed by atoms with E-state index in [2.05, 4.69) is 0 Å². The van der Waals surface area contributed by atoms with Gasteiger partial charge in [0, 0.05) is 0 Å². The zero-order valence-corrected chi connectivity index (χ0v) is 18.9. The number of halogens is 1. The van der Waals surface area contributed by atoms with E-state index in [4.69, 9.17) is 25.8 Å². The summed E-state index contributed by atoms with van der Waals surface area (Å²) >= 11 is 6.49. The summed E-state index contributed by atoms with van der Waals surface area (Å²) in [6, 6.07) is 23.0. The van der Waals surface area contributed by atoms with Crippen LogP contribution in [0.4, 0.5) is 0 Å². The van der Waals surface area contributed by atoms with Crippen molar-refractivity contribution < 1.29 is 23.8 Å². The number of Topliss-reactive ketones (excluding diaryl/α,β-unsaturated/α-hetero) is 2. The number of benzene rings is 3. The molecule has 0 bridgehead atoms. The molecule has 0 N–H and O–H groups in total. The van der Waals surface area contributed by atoms with Crippen molar-refractivity contribution in [2.45, 2.75) is 6.61 Å². The predicted molar refractivity (Wildman–Crippen MR) is 127 cm³/mol. The van der Waals surface area contributed by atoms with Crippen molar-refractivity contribution in [2.75, 3.05) is 14.2 Å². The second-order valence-electron chi connectivity index (χ2n) is 7.28. The van der Waals surface area contributed by atoms with Crippen molar-refractivity contribution in [3.05, 3.63) is 106 Å². The highest BCUT2D eigenvalue weighted by Gasteiger charge is 2.36. The number of hydrogen-bond donors (Lipinski definition) is 0. The van der Waals surface area contributed by atoms with Crippen LogP contribution in [0.2, 0.25) is 0 Å². The third kappa shape index (κ3) is 4.54. The maximum absolute atomic E-state index is 13.6. The topological polar surface area (TPSA) is 61.8 Å². The Kier molecular flexibility index (Phi) is 6.61. The molecule has 1 aliphatic rings. The standard InChI is InChI=1S/C27H21ClO5/c1-31-20-12-8-18(9-13-20)22-24(28)25(29)23(19-10-14-21(32-2)15-11-19)27(26(22)30)33-16-17-6-4-3-5-7-17/h3-15H,16H2,1-2H3. The second-order valence-corrected chi connectivity index (χ2v) is 7.66. The van der Waals surface area contributed by atoms with Gasteiger partial charge in [0.25, 0.3) is 0 Å². The van der Waals surface area contributed by atoms with Crippen LogP contribution in [0, 0.1) is 0 Å². The molecule has 5 nitrogen and oxygen atoms in total. The Morgan fingerprint density at radius 1 is 0.667 bits per heavy atom. The lowest BCUT2D eigenvalue weighted by atomic mass is 9.87. The van der Waals surface area contributed by atoms with E-state index in [1.165, 1.54) is 0 Å². The predicted octanol–water partition coefficient (Wildman–Crippen LogP) is 5.43. The highest BCUT2D eigenvalue weighted by molar-refractivity contribution is 6.61. The fourth-order valence-corrected chi connectivity index (χ4v) is 3.85. The summed E-state index contributed by atoms with van der Waals surface area (Å²) in [5, 5.41) is -0.150. The first-order valence-corrected chi connectivity index (χ1v) is 10.6. The van der Waals surface area contributed by atoms with Crippen LogP contribution in [-0.2, 0) is 20.9 Å². The molecule has 3 aromatic carbocycles. The zero-order chi connectivity index (χ0) is 23.4. The molecule has 1 aliphatic carbocycles. The molecular formula is C27H21ClO5. The number of carbonyl (C=O) groups is 2. The summed E-state index contributed by atoms with van der Waals surface area (Å²) in [4.78, 5) is 27.0. The van der Waals surface area contributed by atoms with Crippen molar-refractivity contribution in [1.82, 2.24) is 0 Å². The Morgan fingerprint density at radius 2 is 1.18 bits per heavy atom. The highest BCUT2D eigenvalue weighted by atomic mass is 35.5. The maximum Gasteiger partial charge on any atom is 0.230 e. The average molecular weight is 461 g/mol. The van der Waals surface area contributed by atoms with Gasteiger partial charge in [0.2, 0.25) is 11.6 Å². The van der Waals surface area contributed by atoms with E-state index in [9.17, 15) is 9.59 Å². The first kappa shape index (κ1) is 22.4. The van der Waals surface area contributed by atoms with Crippen molar-refractivity contribution in [1.29, 1.82) is 0 Å². The van der Waals surface area contributed by atoms with Crippen molar-refractivity contribution in [3.63, 3.8) is 0 Å². The molecule has 6 heteroatoms. The number of ketones is 2. The summed E-state index contributed by atoms with van der Waals surface area (Å²) < 4.78 is 16.4. The van der Waals surface area contributed by atoms with E-state index in [1.807, 2.05) is 30.3 Å². The van der Waals surface area contributed by atoms with Crippen molar-refractivity contribution in [3.8, 4) is 11.5 Å². The third-order valence-electron chi connectivity index (χ3n) is 5.29. The van der Waals surface area contributed by atoms with E-state index in [0.717, 1.165) is 5.56 Å². The number of carbonyl (C=O) groups excluding carboxylic acids is 2. The average Bonchev–Trinajstić information content (AvgIpc) is 2.86. The van der Waals surface area contributed by atoms with E-state index >= 15 is 0 Å². The van der Waals surface area contributed by atoms with Crippen LogP contribution in [0.5, 0.6) is 11.5 Å². The van der Waals surface area contributed by atoms with E-state index in [-0.39, 0.29) is 28.5 Å². The van der Waals surface area contributed by atoms with Gasteiger partial charge in [-0.3, -0.25) is 9.59 Å². The number of ether oxygens (including phenoxy) is 3. The minimum Gasteiger partial charge on any atom is -0.497 e. The number of hydrogen-bond acceptors (Lipinski definition) is 5. The van der Waals surface area contributed by atoms with Crippen LogP contribution in [-0.4, -0.2) is 25.8 Å². The number of methoxy groups -OCH3 is 2. The molecule has 166 valence electrons. The Bertz CT molecular complexity index is 1240. The molecule has 0 atom stereocenters. The van der Waals surface area contributed by atoms with Gasteiger partial charge in [0.15, 0.2) is 5.76 Å². The molecule has 0 amide bonds. The smallest absolute Gasteiger partial charge is 0.230 e. The van der Waals surface area contributed by atoms with Crippen LogP contribution >= 0.6 is 11.6 Å². The minimum atomic E-state index is -0.477. The lowest BCUT2D eigenvalue weighted by molar-refractivity contribution is -0.116. The molecule has 33 heavy (non-hydrogen) atoms. The normalized spacial score (nSPS) is 13.9. The molecule has 3 aromatic rings. The summed E-state index contributed by atoms with van der Waals surface area (Å²) in [5.41, 5.74) is 2.12. The Labute approximate surface area is 196 Å². The number of allylic oxidation sites excluding steroid dienone is 3. The van der Waals surface area contributed by atoms with E-state index < -0.39 is 11.6 Å². The second kappa shape index (κ2) is 9.76. The Hall–Kier alpha value is -3.83. The molecule has 0 saturated carbocycles. The Balaban J connectivity index is 1.79. The van der Waals surface area contributed by atoms with Gasteiger partial charge in [0.1, 0.15) is 23.1 Å². The lowest BCUT2D eigenvalue weighted by Crippen LogP contribution is -2.22. The molecule has 0 saturated heterocycles. The summed E-state index contributed by atoms with van der Waals surface area (Å²) in [7, 11) is 3.11. The number of rotatable bonds is 7. The van der Waals surface area contributed by atoms with Crippen molar-refractivity contribution >= 4 is 34.3 Å². The molecule has 0 aliphatic heterocycles. The van der Waals surface area contributed by atoms with Gasteiger partial charge < -0.3 is 14.2 Å². The van der Waals surface area contributed by atoms with Crippen molar-refractivity contribution in [2.24, 2.45) is 0 Å². The zero-order valence-electron chi connectivity index (χ0n) is 18.1. The molecule has 0 spiro atoms. The van der Waals surface area contributed by atoms with Crippen LogP contribution < -0.4 is 9.47 Å². The van der Waals surface area contributed by atoms with E-state index in [0.29, 0.717) is 22.6 Å². The van der Waals surface area contributed by atoms with Gasteiger partial charge in [0.05, 0.1) is 25.4 Å². The van der Waals surface area contributed by atoms with E-state index in [1.54, 1.807) is 62.8 Å². The fraction of sp³-hybridized carbons (Fsp3) is 0.111. The van der Waals surface area contributed by atoms with Gasteiger partial charge >= 0.3 is 0 Å². The third-order valence-corrected chi connectivity index (χ3v) is 5.65. The highest BCUT2D eigenvalue weighted by Crippen LogP contribution is 2.39. The molecule has 0 aromatic heterocycles. The molecule has 0 heterocycles. The summed E-state index contributed by atoms with van der Waals surface area (Å²) in [6.45, 7) is 0.127. The molecule has 0 fully saturated rings. The van der Waals surface area contributed by atoms with Gasteiger partial charge in [-0.05, 0) is 41.0 Å². The van der Waals surface area contributed by atoms with Gasteiger partial charge in [-0.25, -0.2) is 0 Å². The first-order valence-electron chi connectivity index (χ1n) is 10.2. The van der Waals surface area contributed by atoms with Gasteiger partial charge in [-0.15, -0.1) is 0 Å². The molecular weight excluding hydrogens is 440 g/mol. The first-order chi connectivity index (χ1) is 16.0. The fourth-order valence-electron chi connectivity index (χ4n) is 3.56. The summed E-state index contributed by atoms with van der Waals surface area (Å²) in [5.74, 6) is 0.285.